The van der Waals surface area contributed by atoms with E-state index in [9.17, 15) is 9.18 Å². The molecule has 88 valence electrons. The van der Waals surface area contributed by atoms with Gasteiger partial charge in [-0.1, -0.05) is 19.4 Å². The van der Waals surface area contributed by atoms with Crippen molar-refractivity contribution in [1.29, 1.82) is 0 Å². The highest BCUT2D eigenvalue weighted by atomic mass is 19.1. The third-order valence-corrected chi connectivity index (χ3v) is 2.20. The number of carboxylic acids is 1. The summed E-state index contributed by atoms with van der Waals surface area (Å²) in [6.45, 7) is 2.83. The Bertz CT molecular complexity index is 363. The standard InChI is InChI=1S/C12H15FO3/c1-2-3-6-16-8-10-5-4-9(12(14)15)7-11(10)13/h4-5,7H,2-3,6,8H2,1H3,(H,14,15). The molecule has 0 amide bonds. The predicted octanol–water partition coefficient (Wildman–Crippen LogP) is 2.84. The van der Waals surface area contributed by atoms with E-state index in [1.54, 1.807) is 0 Å². The van der Waals surface area contributed by atoms with Crippen LogP contribution >= 0.6 is 0 Å². The summed E-state index contributed by atoms with van der Waals surface area (Å²) in [5, 5.41) is 8.65. The van der Waals surface area contributed by atoms with E-state index in [4.69, 9.17) is 9.84 Å². The summed E-state index contributed by atoms with van der Waals surface area (Å²) in [7, 11) is 0. The first-order valence-electron chi connectivity index (χ1n) is 5.24. The Kier molecular flexibility index (Phi) is 4.92. The summed E-state index contributed by atoms with van der Waals surface area (Å²) in [6.07, 6.45) is 1.97. The number of carbonyl (C=O) groups is 1. The number of halogens is 1. The number of aromatic carboxylic acids is 1. The highest BCUT2D eigenvalue weighted by molar-refractivity contribution is 5.87. The second kappa shape index (κ2) is 6.23. The van der Waals surface area contributed by atoms with Crippen LogP contribution in [0.5, 0.6) is 0 Å². The lowest BCUT2D eigenvalue weighted by Gasteiger charge is -2.05. The number of rotatable bonds is 6. The van der Waals surface area contributed by atoms with Crippen LogP contribution in [-0.2, 0) is 11.3 Å². The SMILES string of the molecule is CCCCOCc1ccc(C(=O)O)cc1F. The highest BCUT2D eigenvalue weighted by Crippen LogP contribution is 2.12. The van der Waals surface area contributed by atoms with Gasteiger partial charge in [0, 0.05) is 12.2 Å². The maximum Gasteiger partial charge on any atom is 0.335 e. The molecule has 0 atom stereocenters. The molecule has 3 nitrogen and oxygen atoms in total. The number of ether oxygens (including phenoxy) is 1. The third kappa shape index (κ3) is 3.62. The fourth-order valence-corrected chi connectivity index (χ4v) is 1.23. The lowest BCUT2D eigenvalue weighted by atomic mass is 10.1. The molecular weight excluding hydrogens is 211 g/mol. The van der Waals surface area contributed by atoms with Crippen molar-refractivity contribution < 1.29 is 19.0 Å². The van der Waals surface area contributed by atoms with Gasteiger partial charge in [0.25, 0.3) is 0 Å². The van der Waals surface area contributed by atoms with Crippen LogP contribution in [0, 0.1) is 5.82 Å². The molecule has 0 radical (unpaired) electrons. The maximum atomic E-state index is 13.4. The first-order chi connectivity index (χ1) is 7.65. The van der Waals surface area contributed by atoms with Crippen LogP contribution in [0.2, 0.25) is 0 Å². The molecule has 0 unspecified atom stereocenters. The van der Waals surface area contributed by atoms with E-state index in [1.165, 1.54) is 12.1 Å². The molecule has 0 aliphatic heterocycles. The predicted molar refractivity (Wildman–Crippen MR) is 57.9 cm³/mol. The Morgan fingerprint density at radius 3 is 2.81 bits per heavy atom. The average molecular weight is 226 g/mol. The van der Waals surface area contributed by atoms with E-state index in [0.29, 0.717) is 12.2 Å². The molecule has 0 heterocycles. The topological polar surface area (TPSA) is 46.5 Å². The van der Waals surface area contributed by atoms with Crippen LogP contribution in [0.15, 0.2) is 18.2 Å². The minimum Gasteiger partial charge on any atom is -0.478 e. The molecule has 1 aromatic rings. The molecule has 0 fully saturated rings. The first-order valence-corrected chi connectivity index (χ1v) is 5.24. The fourth-order valence-electron chi connectivity index (χ4n) is 1.23. The molecule has 0 aliphatic rings. The van der Waals surface area contributed by atoms with E-state index in [0.717, 1.165) is 18.9 Å². The molecule has 16 heavy (non-hydrogen) atoms. The largest absolute Gasteiger partial charge is 0.478 e. The molecule has 0 saturated carbocycles. The Hall–Kier alpha value is -1.42. The number of hydrogen-bond donors (Lipinski definition) is 1. The van der Waals surface area contributed by atoms with Gasteiger partial charge in [-0.3, -0.25) is 0 Å². The number of unbranched alkanes of at least 4 members (excludes halogenated alkanes) is 1. The van der Waals surface area contributed by atoms with Gasteiger partial charge in [0.15, 0.2) is 0 Å². The number of hydrogen-bond acceptors (Lipinski definition) is 2. The van der Waals surface area contributed by atoms with Gasteiger partial charge < -0.3 is 9.84 Å². The van der Waals surface area contributed by atoms with Gasteiger partial charge in [0.05, 0.1) is 12.2 Å². The fraction of sp³-hybridized carbons (Fsp3) is 0.417. The zero-order chi connectivity index (χ0) is 12.0. The van der Waals surface area contributed by atoms with E-state index in [1.807, 2.05) is 6.92 Å². The Labute approximate surface area is 93.9 Å². The van der Waals surface area contributed by atoms with E-state index in [-0.39, 0.29) is 12.2 Å². The minimum absolute atomic E-state index is 0.0465. The lowest BCUT2D eigenvalue weighted by molar-refractivity contribution is 0.0696. The van der Waals surface area contributed by atoms with Crippen LogP contribution in [0.25, 0.3) is 0 Å². The van der Waals surface area contributed by atoms with Crippen molar-refractivity contribution >= 4 is 5.97 Å². The molecule has 0 aliphatic carbocycles. The normalized spacial score (nSPS) is 10.4. The number of benzene rings is 1. The van der Waals surface area contributed by atoms with Crippen LogP contribution in [0.4, 0.5) is 4.39 Å². The van der Waals surface area contributed by atoms with Crippen molar-refractivity contribution in [3.05, 3.63) is 35.1 Å². The molecular formula is C12H15FO3. The first kappa shape index (κ1) is 12.6. The quantitative estimate of drug-likeness (QED) is 0.759. The van der Waals surface area contributed by atoms with Crippen LogP contribution in [0.1, 0.15) is 35.7 Å². The van der Waals surface area contributed by atoms with Crippen LogP contribution in [-0.4, -0.2) is 17.7 Å². The van der Waals surface area contributed by atoms with E-state index < -0.39 is 11.8 Å². The van der Waals surface area contributed by atoms with Crippen molar-refractivity contribution in [3.63, 3.8) is 0 Å². The number of carboxylic acid groups (broad SMARTS) is 1. The van der Waals surface area contributed by atoms with Crippen LogP contribution in [0.3, 0.4) is 0 Å². The molecule has 0 saturated heterocycles. The molecule has 0 spiro atoms. The Morgan fingerprint density at radius 2 is 2.25 bits per heavy atom. The zero-order valence-electron chi connectivity index (χ0n) is 9.20. The van der Waals surface area contributed by atoms with Gasteiger partial charge in [0.1, 0.15) is 5.82 Å². The zero-order valence-corrected chi connectivity index (χ0v) is 9.20. The van der Waals surface area contributed by atoms with E-state index >= 15 is 0 Å². The summed E-state index contributed by atoms with van der Waals surface area (Å²) < 4.78 is 18.6. The van der Waals surface area contributed by atoms with Crippen molar-refractivity contribution in [3.8, 4) is 0 Å². The van der Waals surface area contributed by atoms with Gasteiger partial charge in [-0.15, -0.1) is 0 Å². The van der Waals surface area contributed by atoms with Gasteiger partial charge in [-0.2, -0.15) is 0 Å². The lowest BCUT2D eigenvalue weighted by Crippen LogP contribution is -2.01. The van der Waals surface area contributed by atoms with Crippen molar-refractivity contribution in [1.82, 2.24) is 0 Å². The molecule has 1 N–H and O–H groups in total. The minimum atomic E-state index is -1.13. The Morgan fingerprint density at radius 1 is 1.50 bits per heavy atom. The highest BCUT2D eigenvalue weighted by Gasteiger charge is 2.07. The summed E-state index contributed by atoms with van der Waals surface area (Å²) in [4.78, 5) is 10.6. The van der Waals surface area contributed by atoms with Crippen molar-refractivity contribution in [2.75, 3.05) is 6.61 Å². The van der Waals surface area contributed by atoms with Gasteiger partial charge >= 0.3 is 5.97 Å². The van der Waals surface area contributed by atoms with Crippen molar-refractivity contribution in [2.24, 2.45) is 0 Å². The Balaban J connectivity index is 2.57. The van der Waals surface area contributed by atoms with Gasteiger partial charge in [-0.05, 0) is 18.6 Å². The molecule has 0 bridgehead atoms. The maximum absolute atomic E-state index is 13.4. The summed E-state index contributed by atoms with van der Waals surface area (Å²) in [5.41, 5.74) is 0.343. The average Bonchev–Trinajstić information content (AvgIpc) is 2.26. The second-order valence-electron chi connectivity index (χ2n) is 3.52. The monoisotopic (exact) mass is 226 g/mol. The summed E-state index contributed by atoms with van der Waals surface area (Å²) in [6, 6.07) is 3.84. The second-order valence-corrected chi connectivity index (χ2v) is 3.52. The summed E-state index contributed by atoms with van der Waals surface area (Å²) >= 11 is 0. The van der Waals surface area contributed by atoms with Crippen molar-refractivity contribution in [2.45, 2.75) is 26.4 Å². The van der Waals surface area contributed by atoms with Gasteiger partial charge in [-0.25, -0.2) is 9.18 Å². The summed E-state index contributed by atoms with van der Waals surface area (Å²) in [5.74, 6) is -1.66. The molecule has 0 aromatic heterocycles. The van der Waals surface area contributed by atoms with E-state index in [2.05, 4.69) is 0 Å². The third-order valence-electron chi connectivity index (χ3n) is 2.20. The smallest absolute Gasteiger partial charge is 0.335 e. The molecule has 1 aromatic carbocycles. The van der Waals surface area contributed by atoms with Gasteiger partial charge in [0.2, 0.25) is 0 Å². The molecule has 4 heteroatoms. The van der Waals surface area contributed by atoms with Crippen LogP contribution < -0.4 is 0 Å². The molecule has 1 rings (SSSR count).